The predicted molar refractivity (Wildman–Crippen MR) is 58.0 cm³/mol. The van der Waals surface area contributed by atoms with Crippen LogP contribution in [0, 0.1) is 11.3 Å². The third-order valence-corrected chi connectivity index (χ3v) is 3.66. The van der Waals surface area contributed by atoms with Gasteiger partial charge in [-0.25, -0.2) is 0 Å². The molecule has 0 bridgehead atoms. The molecule has 0 aromatic carbocycles. The van der Waals surface area contributed by atoms with Crippen molar-refractivity contribution in [2.75, 3.05) is 13.7 Å². The predicted octanol–water partition coefficient (Wildman–Crippen LogP) is 2.31. The number of rotatable bonds is 3. The molecule has 1 aliphatic heterocycles. The van der Waals surface area contributed by atoms with Gasteiger partial charge in [-0.05, 0) is 43.2 Å². The number of ether oxygens (including phenoxy) is 1. The van der Waals surface area contributed by atoms with E-state index in [1.807, 2.05) is 6.26 Å². The van der Waals surface area contributed by atoms with Gasteiger partial charge in [-0.1, -0.05) is 13.8 Å². The minimum absolute atomic E-state index is 0.534. The van der Waals surface area contributed by atoms with E-state index >= 15 is 0 Å². The smallest absolute Gasteiger partial charge is 0.0876 e. The van der Waals surface area contributed by atoms with E-state index in [9.17, 15) is 0 Å². The van der Waals surface area contributed by atoms with Crippen molar-refractivity contribution in [2.24, 2.45) is 11.3 Å². The molecule has 1 heterocycles. The maximum absolute atomic E-state index is 5.41. The van der Waals surface area contributed by atoms with Crippen molar-refractivity contribution in [3.05, 3.63) is 11.8 Å². The highest BCUT2D eigenvalue weighted by Crippen LogP contribution is 2.55. The van der Waals surface area contributed by atoms with E-state index < -0.39 is 0 Å². The van der Waals surface area contributed by atoms with E-state index in [0.717, 1.165) is 12.5 Å². The van der Waals surface area contributed by atoms with E-state index in [2.05, 4.69) is 26.2 Å². The summed E-state index contributed by atoms with van der Waals surface area (Å²) in [7, 11) is 2.06. The molecule has 0 amide bonds. The lowest BCUT2D eigenvalue weighted by Crippen LogP contribution is -2.32. The summed E-state index contributed by atoms with van der Waals surface area (Å²) in [5.74, 6) is 0.806. The highest BCUT2D eigenvalue weighted by molar-refractivity contribution is 5.18. The van der Waals surface area contributed by atoms with Crippen molar-refractivity contribution in [1.29, 1.82) is 0 Å². The first-order valence-corrected chi connectivity index (χ1v) is 5.63. The lowest BCUT2D eigenvalue weighted by atomic mass is 9.94. The van der Waals surface area contributed by atoms with Gasteiger partial charge in [0.05, 0.1) is 12.9 Å². The Bertz CT molecular complexity index is 245. The molecule has 1 saturated carbocycles. The summed E-state index contributed by atoms with van der Waals surface area (Å²) in [4.78, 5) is 0. The van der Waals surface area contributed by atoms with Crippen LogP contribution in [0.5, 0.6) is 0 Å². The van der Waals surface area contributed by atoms with Crippen LogP contribution < -0.4 is 5.32 Å². The minimum atomic E-state index is 0.534. The molecule has 2 rings (SSSR count). The van der Waals surface area contributed by atoms with E-state index in [-0.39, 0.29) is 0 Å². The van der Waals surface area contributed by atoms with E-state index in [1.165, 1.54) is 24.8 Å². The SMILES string of the molecule is CNC(C1=COCCC1)C1CC1(C)C. The quantitative estimate of drug-likeness (QED) is 0.746. The Hall–Kier alpha value is -0.500. The van der Waals surface area contributed by atoms with Crippen molar-refractivity contribution >= 4 is 0 Å². The summed E-state index contributed by atoms with van der Waals surface area (Å²) in [6.45, 7) is 5.60. The molecule has 0 radical (unpaired) electrons. The molecule has 2 aliphatic rings. The zero-order valence-electron chi connectivity index (χ0n) is 9.47. The Morgan fingerprint density at radius 3 is 2.71 bits per heavy atom. The molecule has 14 heavy (non-hydrogen) atoms. The average molecular weight is 195 g/mol. The van der Waals surface area contributed by atoms with Crippen LogP contribution in [0.4, 0.5) is 0 Å². The Labute approximate surface area is 86.7 Å². The maximum atomic E-state index is 5.41. The van der Waals surface area contributed by atoms with Crippen LogP contribution >= 0.6 is 0 Å². The Kier molecular flexibility index (Phi) is 2.56. The van der Waals surface area contributed by atoms with Crippen LogP contribution in [0.2, 0.25) is 0 Å². The van der Waals surface area contributed by atoms with E-state index in [0.29, 0.717) is 11.5 Å². The molecule has 0 aromatic rings. The fraction of sp³-hybridized carbons (Fsp3) is 0.833. The molecule has 1 fully saturated rings. The number of nitrogens with one attached hydrogen (secondary N) is 1. The molecular weight excluding hydrogens is 174 g/mol. The first-order valence-electron chi connectivity index (χ1n) is 5.63. The number of hydrogen-bond acceptors (Lipinski definition) is 2. The first kappa shape index (κ1) is 10.0. The average Bonchev–Trinajstić information content (AvgIpc) is 2.78. The second-order valence-corrected chi connectivity index (χ2v) is 5.23. The molecule has 1 N–H and O–H groups in total. The molecule has 0 saturated heterocycles. The normalized spacial score (nSPS) is 31.6. The van der Waals surface area contributed by atoms with Gasteiger partial charge in [-0.3, -0.25) is 0 Å². The summed E-state index contributed by atoms with van der Waals surface area (Å²) in [5.41, 5.74) is 2.00. The molecule has 2 nitrogen and oxygen atoms in total. The van der Waals surface area contributed by atoms with Gasteiger partial charge in [0.2, 0.25) is 0 Å². The molecular formula is C12H21NO. The zero-order valence-corrected chi connectivity index (χ0v) is 9.47. The number of hydrogen-bond donors (Lipinski definition) is 1. The van der Waals surface area contributed by atoms with Crippen LogP contribution in [-0.4, -0.2) is 19.7 Å². The van der Waals surface area contributed by atoms with Crippen LogP contribution in [0.1, 0.15) is 33.1 Å². The summed E-state index contributed by atoms with van der Waals surface area (Å²) >= 11 is 0. The topological polar surface area (TPSA) is 21.3 Å². The van der Waals surface area contributed by atoms with Crippen LogP contribution in [0.3, 0.4) is 0 Å². The van der Waals surface area contributed by atoms with E-state index in [4.69, 9.17) is 4.74 Å². The third-order valence-electron chi connectivity index (χ3n) is 3.66. The first-order chi connectivity index (χ1) is 6.65. The monoisotopic (exact) mass is 195 g/mol. The van der Waals surface area contributed by atoms with Crippen LogP contribution in [-0.2, 0) is 4.74 Å². The maximum Gasteiger partial charge on any atom is 0.0876 e. The minimum Gasteiger partial charge on any atom is -0.501 e. The summed E-state index contributed by atoms with van der Waals surface area (Å²) in [6, 6.07) is 0.547. The molecule has 0 spiro atoms. The lowest BCUT2D eigenvalue weighted by Gasteiger charge is -2.24. The molecule has 2 atom stereocenters. The highest BCUT2D eigenvalue weighted by atomic mass is 16.5. The standard InChI is InChI=1S/C12H21NO/c1-12(2)7-10(12)11(13-3)9-5-4-6-14-8-9/h8,10-11,13H,4-7H2,1-3H3. The second kappa shape index (κ2) is 3.58. The van der Waals surface area contributed by atoms with Gasteiger partial charge in [-0.15, -0.1) is 0 Å². The van der Waals surface area contributed by atoms with Gasteiger partial charge in [0.25, 0.3) is 0 Å². The molecule has 80 valence electrons. The van der Waals surface area contributed by atoms with Crippen LogP contribution in [0.15, 0.2) is 11.8 Å². The molecule has 1 aliphatic carbocycles. The van der Waals surface area contributed by atoms with E-state index in [1.54, 1.807) is 0 Å². The Morgan fingerprint density at radius 1 is 1.57 bits per heavy atom. The van der Waals surface area contributed by atoms with Gasteiger partial charge in [-0.2, -0.15) is 0 Å². The Balaban J connectivity index is 2.03. The fourth-order valence-electron chi connectivity index (χ4n) is 2.54. The van der Waals surface area contributed by atoms with Gasteiger partial charge in [0.15, 0.2) is 0 Å². The number of likely N-dealkylation sites (N-methyl/N-ethyl adjacent to an activating group) is 1. The summed E-state index contributed by atoms with van der Waals surface area (Å²) < 4.78 is 5.41. The second-order valence-electron chi connectivity index (χ2n) is 5.23. The van der Waals surface area contributed by atoms with Gasteiger partial charge in [0.1, 0.15) is 0 Å². The van der Waals surface area contributed by atoms with Crippen molar-refractivity contribution in [3.63, 3.8) is 0 Å². The molecule has 0 aromatic heterocycles. The lowest BCUT2D eigenvalue weighted by molar-refractivity contribution is 0.217. The molecule has 2 heteroatoms. The largest absolute Gasteiger partial charge is 0.501 e. The van der Waals surface area contributed by atoms with Gasteiger partial charge < -0.3 is 10.1 Å². The zero-order chi connectivity index (χ0) is 10.2. The van der Waals surface area contributed by atoms with Gasteiger partial charge in [0, 0.05) is 6.04 Å². The van der Waals surface area contributed by atoms with Crippen molar-refractivity contribution in [1.82, 2.24) is 5.32 Å². The summed E-state index contributed by atoms with van der Waals surface area (Å²) in [6.07, 6.45) is 5.71. The summed E-state index contributed by atoms with van der Waals surface area (Å²) in [5, 5.41) is 3.44. The highest BCUT2D eigenvalue weighted by Gasteiger charge is 2.50. The van der Waals surface area contributed by atoms with Crippen molar-refractivity contribution in [2.45, 2.75) is 39.2 Å². The Morgan fingerprint density at radius 2 is 2.29 bits per heavy atom. The van der Waals surface area contributed by atoms with Crippen molar-refractivity contribution < 1.29 is 4.74 Å². The fourth-order valence-corrected chi connectivity index (χ4v) is 2.54. The van der Waals surface area contributed by atoms with Crippen LogP contribution in [0.25, 0.3) is 0 Å². The van der Waals surface area contributed by atoms with Gasteiger partial charge >= 0.3 is 0 Å². The molecule has 2 unspecified atom stereocenters. The third kappa shape index (κ3) is 1.81. The van der Waals surface area contributed by atoms with Crippen molar-refractivity contribution in [3.8, 4) is 0 Å².